The fraction of sp³-hybridized carbons (Fsp3) is 0.200. The van der Waals surface area contributed by atoms with Crippen molar-refractivity contribution in [1.82, 2.24) is 19.5 Å². The Balaban J connectivity index is 2.19. The first kappa shape index (κ1) is 13.6. The van der Waals surface area contributed by atoms with Crippen LogP contribution in [0.4, 0.5) is 5.69 Å². The van der Waals surface area contributed by atoms with Crippen LogP contribution in [0.15, 0.2) is 41.3 Å². The second-order valence-corrected chi connectivity index (χ2v) is 5.35. The van der Waals surface area contributed by atoms with Crippen LogP contribution in [-0.2, 0) is 13.0 Å². The molecular formula is C15H13N5O3. The molecule has 1 aliphatic heterocycles. The van der Waals surface area contributed by atoms with E-state index in [-0.39, 0.29) is 16.9 Å². The summed E-state index contributed by atoms with van der Waals surface area (Å²) in [5.74, 6) is 0. The normalized spacial score (nSPS) is 13.9. The number of para-hydroxylation sites is 1. The van der Waals surface area contributed by atoms with E-state index in [1.165, 1.54) is 15.3 Å². The first-order valence-electron chi connectivity index (χ1n) is 7.23. The third-order valence-electron chi connectivity index (χ3n) is 4.06. The van der Waals surface area contributed by atoms with Crippen molar-refractivity contribution in [2.24, 2.45) is 0 Å². The van der Waals surface area contributed by atoms with E-state index in [1.807, 2.05) is 6.07 Å². The van der Waals surface area contributed by atoms with Crippen LogP contribution in [-0.4, -0.2) is 25.6 Å². The largest absolute Gasteiger partial charge is 0.332 e. The number of hydrogen-bond acceptors (Lipinski definition) is 5. The summed E-state index contributed by atoms with van der Waals surface area (Å²) in [6.07, 6.45) is 1.77. The molecule has 0 unspecified atom stereocenters. The van der Waals surface area contributed by atoms with Crippen molar-refractivity contribution in [3.63, 3.8) is 0 Å². The maximum absolute atomic E-state index is 13.0. The second-order valence-electron chi connectivity index (χ2n) is 5.35. The van der Waals surface area contributed by atoms with Crippen molar-refractivity contribution >= 4 is 11.3 Å². The molecule has 0 atom stereocenters. The van der Waals surface area contributed by atoms with E-state index < -0.39 is 4.92 Å². The van der Waals surface area contributed by atoms with E-state index in [1.54, 1.807) is 24.3 Å². The predicted molar refractivity (Wildman–Crippen MR) is 82.9 cm³/mol. The molecule has 8 nitrogen and oxygen atoms in total. The van der Waals surface area contributed by atoms with Crippen LogP contribution in [0, 0.1) is 10.1 Å². The third kappa shape index (κ3) is 1.95. The molecule has 23 heavy (non-hydrogen) atoms. The van der Waals surface area contributed by atoms with E-state index in [0.29, 0.717) is 36.5 Å². The summed E-state index contributed by atoms with van der Waals surface area (Å²) in [5, 5.41) is 18.7. The molecule has 1 aromatic carbocycles. The van der Waals surface area contributed by atoms with Crippen LogP contribution in [0.1, 0.15) is 11.3 Å². The maximum Gasteiger partial charge on any atom is 0.332 e. The van der Waals surface area contributed by atoms with E-state index in [4.69, 9.17) is 0 Å². The molecule has 1 aliphatic rings. The predicted octanol–water partition coefficient (Wildman–Crippen LogP) is 1.04. The summed E-state index contributed by atoms with van der Waals surface area (Å²) in [4.78, 5) is 23.8. The van der Waals surface area contributed by atoms with Crippen molar-refractivity contribution in [1.29, 1.82) is 0 Å². The number of hydrogen-bond donors (Lipinski definition) is 1. The highest BCUT2D eigenvalue weighted by molar-refractivity contribution is 5.64. The molecule has 0 saturated heterocycles. The Kier molecular flexibility index (Phi) is 2.98. The van der Waals surface area contributed by atoms with Crippen LogP contribution in [0.5, 0.6) is 0 Å². The summed E-state index contributed by atoms with van der Waals surface area (Å²) < 4.78 is 2.89. The average Bonchev–Trinajstić information content (AvgIpc) is 3.01. The van der Waals surface area contributed by atoms with Gasteiger partial charge < -0.3 is 5.32 Å². The molecule has 4 rings (SSSR count). The van der Waals surface area contributed by atoms with Crippen LogP contribution in [0.25, 0.3) is 11.3 Å². The summed E-state index contributed by atoms with van der Waals surface area (Å²) in [6.45, 7) is 1.17. The SMILES string of the molecule is O=c1c2c(n3ncc([N+](=O)[O-])c3n1-c1ccccc1)CNCC2. The molecule has 3 heterocycles. The zero-order chi connectivity index (χ0) is 16.0. The molecule has 116 valence electrons. The van der Waals surface area contributed by atoms with E-state index >= 15 is 0 Å². The fourth-order valence-electron chi connectivity index (χ4n) is 3.02. The van der Waals surface area contributed by atoms with Gasteiger partial charge in [0.15, 0.2) is 0 Å². The van der Waals surface area contributed by atoms with Crippen molar-refractivity contribution in [2.45, 2.75) is 13.0 Å². The van der Waals surface area contributed by atoms with Crippen molar-refractivity contribution < 1.29 is 4.92 Å². The van der Waals surface area contributed by atoms with Gasteiger partial charge in [0.25, 0.3) is 5.56 Å². The van der Waals surface area contributed by atoms with Crippen molar-refractivity contribution in [2.75, 3.05) is 6.54 Å². The summed E-state index contributed by atoms with van der Waals surface area (Å²) in [5.41, 5.74) is 1.72. The smallest absolute Gasteiger partial charge is 0.311 e. The average molecular weight is 311 g/mol. The van der Waals surface area contributed by atoms with E-state index in [0.717, 1.165) is 0 Å². The molecule has 0 saturated carbocycles. The number of fused-ring (bicyclic) bond motifs is 3. The minimum Gasteiger partial charge on any atom is -0.311 e. The van der Waals surface area contributed by atoms with E-state index in [9.17, 15) is 14.9 Å². The van der Waals surface area contributed by atoms with Crippen LogP contribution in [0.2, 0.25) is 0 Å². The fourth-order valence-corrected chi connectivity index (χ4v) is 3.02. The van der Waals surface area contributed by atoms with Gasteiger partial charge in [-0.25, -0.2) is 4.52 Å². The first-order chi connectivity index (χ1) is 11.2. The summed E-state index contributed by atoms with van der Waals surface area (Å²) in [7, 11) is 0. The first-order valence-corrected chi connectivity index (χ1v) is 7.23. The van der Waals surface area contributed by atoms with Gasteiger partial charge in [-0.05, 0) is 25.1 Å². The number of aromatic nitrogens is 3. The monoisotopic (exact) mass is 311 g/mol. The van der Waals surface area contributed by atoms with Crippen molar-refractivity contribution in [3.05, 3.63) is 68.3 Å². The molecule has 1 N–H and O–H groups in total. The van der Waals surface area contributed by atoms with Gasteiger partial charge in [-0.2, -0.15) is 5.10 Å². The number of benzene rings is 1. The molecule has 0 radical (unpaired) electrons. The number of nitrogens with zero attached hydrogens (tertiary/aromatic N) is 4. The van der Waals surface area contributed by atoms with E-state index in [2.05, 4.69) is 10.4 Å². The topological polar surface area (TPSA) is 94.5 Å². The van der Waals surface area contributed by atoms with Gasteiger partial charge >= 0.3 is 5.69 Å². The second kappa shape index (κ2) is 5.03. The lowest BCUT2D eigenvalue weighted by atomic mass is 10.1. The van der Waals surface area contributed by atoms with Gasteiger partial charge in [0.2, 0.25) is 5.65 Å². The zero-order valence-corrected chi connectivity index (χ0v) is 12.1. The van der Waals surface area contributed by atoms with Gasteiger partial charge in [0.1, 0.15) is 6.20 Å². The molecule has 3 aromatic rings. The third-order valence-corrected chi connectivity index (χ3v) is 4.06. The Labute approximate surface area is 130 Å². The Morgan fingerprint density at radius 3 is 2.78 bits per heavy atom. The lowest BCUT2D eigenvalue weighted by Gasteiger charge is -2.19. The number of rotatable bonds is 2. The van der Waals surface area contributed by atoms with Gasteiger partial charge in [-0.15, -0.1) is 0 Å². The summed E-state index contributed by atoms with van der Waals surface area (Å²) >= 11 is 0. The van der Waals surface area contributed by atoms with Gasteiger partial charge in [0, 0.05) is 12.1 Å². The minimum atomic E-state index is -0.510. The Morgan fingerprint density at radius 1 is 1.26 bits per heavy atom. The molecule has 8 heteroatoms. The highest BCUT2D eigenvalue weighted by Gasteiger charge is 2.27. The quantitative estimate of drug-likeness (QED) is 0.563. The van der Waals surface area contributed by atoms with Gasteiger partial charge in [-0.1, -0.05) is 18.2 Å². The Bertz CT molecular complexity index is 974. The lowest BCUT2D eigenvalue weighted by molar-refractivity contribution is -0.383. The van der Waals surface area contributed by atoms with Gasteiger partial charge in [-0.3, -0.25) is 19.5 Å². The molecule has 0 amide bonds. The van der Waals surface area contributed by atoms with Crippen LogP contribution < -0.4 is 10.9 Å². The highest BCUT2D eigenvalue weighted by atomic mass is 16.6. The molecule has 2 aromatic heterocycles. The van der Waals surface area contributed by atoms with Crippen LogP contribution in [0.3, 0.4) is 0 Å². The van der Waals surface area contributed by atoms with Crippen molar-refractivity contribution in [3.8, 4) is 5.69 Å². The molecule has 0 spiro atoms. The lowest BCUT2D eigenvalue weighted by Crippen LogP contribution is -2.35. The maximum atomic E-state index is 13.0. The molecule has 0 fully saturated rings. The minimum absolute atomic E-state index is 0.181. The Morgan fingerprint density at radius 2 is 2.04 bits per heavy atom. The number of nitro groups is 1. The summed E-state index contributed by atoms with van der Waals surface area (Å²) in [6, 6.07) is 8.93. The Hall–Kier alpha value is -3.00. The molecule has 0 bridgehead atoms. The standard InChI is InChI=1S/C15H13N5O3/c21-15-11-6-7-16-8-12(11)19-14(13(9-17-19)20(22)23)18(15)10-4-2-1-3-5-10/h1-5,9,16H,6-8H2. The molecular weight excluding hydrogens is 298 g/mol. The molecule has 0 aliphatic carbocycles. The van der Waals surface area contributed by atoms with Crippen LogP contribution >= 0.6 is 0 Å². The number of nitrogens with one attached hydrogen (secondary N) is 1. The van der Waals surface area contributed by atoms with Gasteiger partial charge in [0.05, 0.1) is 16.3 Å². The zero-order valence-electron chi connectivity index (χ0n) is 12.1. The highest BCUT2D eigenvalue weighted by Crippen LogP contribution is 2.24.